The predicted octanol–water partition coefficient (Wildman–Crippen LogP) is 6.51. The van der Waals surface area contributed by atoms with Crippen LogP contribution in [-0.4, -0.2) is 35.1 Å². The van der Waals surface area contributed by atoms with Crippen molar-refractivity contribution in [1.29, 1.82) is 0 Å². The Morgan fingerprint density at radius 2 is 1.34 bits per heavy atom. The van der Waals surface area contributed by atoms with Crippen LogP contribution in [0.3, 0.4) is 0 Å². The first-order valence-corrected chi connectivity index (χ1v) is 12.6. The monoisotopic (exact) mass is 506 g/mol. The highest BCUT2D eigenvalue weighted by molar-refractivity contribution is 6.14. The van der Waals surface area contributed by atoms with E-state index in [-0.39, 0.29) is 18.8 Å². The average molecular weight is 507 g/mol. The summed E-state index contributed by atoms with van der Waals surface area (Å²) in [6.07, 6.45) is 2.98. The van der Waals surface area contributed by atoms with Gasteiger partial charge in [0.2, 0.25) is 0 Å². The summed E-state index contributed by atoms with van der Waals surface area (Å²) < 4.78 is 10.5. The minimum Gasteiger partial charge on any atom is -0.463 e. The molecule has 4 aromatic rings. The molecule has 0 aliphatic carbocycles. The number of ether oxygens (including phenoxy) is 2. The smallest absolute Gasteiger partial charge is 0.339 e. The van der Waals surface area contributed by atoms with Crippen molar-refractivity contribution in [1.82, 2.24) is 9.97 Å². The fourth-order valence-electron chi connectivity index (χ4n) is 3.98. The number of nitrogens with zero attached hydrogens (tertiary/aromatic N) is 2. The van der Waals surface area contributed by atoms with E-state index in [0.29, 0.717) is 22.5 Å². The van der Waals surface area contributed by atoms with Crippen molar-refractivity contribution in [2.75, 3.05) is 13.2 Å². The van der Waals surface area contributed by atoms with Crippen molar-refractivity contribution >= 4 is 34.6 Å². The summed E-state index contributed by atoms with van der Waals surface area (Å²) in [6.45, 7) is 7.79. The highest BCUT2D eigenvalue weighted by Gasteiger charge is 2.21. The van der Waals surface area contributed by atoms with Gasteiger partial charge >= 0.3 is 11.9 Å². The predicted molar refractivity (Wildman–Crippen MR) is 150 cm³/mol. The van der Waals surface area contributed by atoms with Gasteiger partial charge in [-0.05, 0) is 57.0 Å². The van der Waals surface area contributed by atoms with E-state index in [9.17, 15) is 9.59 Å². The van der Waals surface area contributed by atoms with Gasteiger partial charge in [-0.2, -0.15) is 0 Å². The number of aromatic nitrogens is 2. The van der Waals surface area contributed by atoms with Crippen LogP contribution in [0.5, 0.6) is 0 Å². The molecule has 3 aromatic carbocycles. The molecular formula is C32H30N2O4. The lowest BCUT2D eigenvalue weighted by Crippen LogP contribution is -2.13. The molecule has 1 aromatic heterocycles. The Kier molecular flexibility index (Phi) is 8.44. The Bertz CT molecular complexity index is 1520. The second-order valence-electron chi connectivity index (χ2n) is 8.77. The first-order chi connectivity index (χ1) is 18.4. The molecule has 0 aliphatic heterocycles. The van der Waals surface area contributed by atoms with Gasteiger partial charge in [-0.15, -0.1) is 0 Å². The number of esters is 2. The van der Waals surface area contributed by atoms with Crippen LogP contribution >= 0.6 is 0 Å². The Morgan fingerprint density at radius 1 is 0.763 bits per heavy atom. The highest BCUT2D eigenvalue weighted by atomic mass is 16.5. The summed E-state index contributed by atoms with van der Waals surface area (Å²) in [7, 11) is 0. The lowest BCUT2D eigenvalue weighted by Gasteiger charge is -2.14. The van der Waals surface area contributed by atoms with Crippen LogP contribution in [0.1, 0.15) is 36.2 Å². The summed E-state index contributed by atoms with van der Waals surface area (Å²) >= 11 is 0. The number of aryl methyl sites for hydroxylation is 2. The molecule has 0 N–H and O–H groups in total. The third kappa shape index (κ3) is 6.21. The number of para-hydroxylation sites is 2. The van der Waals surface area contributed by atoms with Crippen molar-refractivity contribution < 1.29 is 19.1 Å². The second kappa shape index (κ2) is 12.1. The maximum Gasteiger partial charge on any atom is 0.339 e. The Balaban J connectivity index is 2.02. The van der Waals surface area contributed by atoms with Gasteiger partial charge in [0.25, 0.3) is 0 Å². The molecule has 0 spiro atoms. The summed E-state index contributed by atoms with van der Waals surface area (Å²) in [5.74, 6) is -1.25. The largest absolute Gasteiger partial charge is 0.463 e. The van der Waals surface area contributed by atoms with E-state index < -0.39 is 11.9 Å². The van der Waals surface area contributed by atoms with Crippen molar-refractivity contribution in [2.24, 2.45) is 0 Å². The molecule has 0 amide bonds. The number of hydrogen-bond acceptors (Lipinski definition) is 6. The van der Waals surface area contributed by atoms with Crippen LogP contribution < -0.4 is 0 Å². The van der Waals surface area contributed by atoms with Crippen LogP contribution in [0.15, 0.2) is 84.4 Å². The van der Waals surface area contributed by atoms with Crippen LogP contribution in [0.2, 0.25) is 0 Å². The highest BCUT2D eigenvalue weighted by Crippen LogP contribution is 2.31. The van der Waals surface area contributed by atoms with Gasteiger partial charge in [0.05, 0.1) is 41.2 Å². The molecule has 0 atom stereocenters. The number of benzene rings is 3. The minimum absolute atomic E-state index is 0.0824. The van der Waals surface area contributed by atoms with Crippen molar-refractivity contribution in [3.8, 4) is 11.3 Å². The zero-order valence-corrected chi connectivity index (χ0v) is 22.0. The molecule has 1 heterocycles. The molecule has 6 heteroatoms. The zero-order chi connectivity index (χ0) is 27.1. The normalized spacial score (nSPS) is 11.9. The average Bonchev–Trinajstić information content (AvgIpc) is 2.91. The van der Waals surface area contributed by atoms with Gasteiger partial charge in [0.1, 0.15) is 0 Å². The van der Waals surface area contributed by atoms with Gasteiger partial charge in [0, 0.05) is 11.6 Å². The molecular weight excluding hydrogens is 476 g/mol. The maximum absolute atomic E-state index is 13.2. The molecule has 4 rings (SSSR count). The van der Waals surface area contributed by atoms with E-state index in [1.165, 1.54) is 6.08 Å². The van der Waals surface area contributed by atoms with Crippen molar-refractivity contribution in [3.05, 3.63) is 107 Å². The van der Waals surface area contributed by atoms with E-state index in [4.69, 9.17) is 19.4 Å². The molecule has 0 saturated heterocycles. The van der Waals surface area contributed by atoms with Crippen LogP contribution in [0.25, 0.3) is 33.9 Å². The molecule has 0 bridgehead atoms. The van der Waals surface area contributed by atoms with Gasteiger partial charge in [-0.3, -0.25) is 0 Å². The molecule has 0 fully saturated rings. The molecule has 0 radical (unpaired) electrons. The fraction of sp³-hybridized carbons (Fsp3) is 0.188. The van der Waals surface area contributed by atoms with E-state index >= 15 is 0 Å². The Hall–Kier alpha value is -4.58. The second-order valence-corrected chi connectivity index (χ2v) is 8.77. The van der Waals surface area contributed by atoms with Gasteiger partial charge in [-0.1, -0.05) is 71.8 Å². The van der Waals surface area contributed by atoms with E-state index in [0.717, 1.165) is 27.8 Å². The van der Waals surface area contributed by atoms with Crippen molar-refractivity contribution in [3.63, 3.8) is 0 Å². The van der Waals surface area contributed by atoms with E-state index in [1.807, 2.05) is 86.6 Å². The van der Waals surface area contributed by atoms with Crippen molar-refractivity contribution in [2.45, 2.75) is 27.7 Å². The topological polar surface area (TPSA) is 78.4 Å². The van der Waals surface area contributed by atoms with Crippen LogP contribution in [0.4, 0.5) is 0 Å². The van der Waals surface area contributed by atoms with Gasteiger partial charge in [-0.25, -0.2) is 19.6 Å². The first kappa shape index (κ1) is 26.5. The van der Waals surface area contributed by atoms with Gasteiger partial charge < -0.3 is 9.47 Å². The lowest BCUT2D eigenvalue weighted by atomic mass is 9.94. The quantitative estimate of drug-likeness (QED) is 0.154. The van der Waals surface area contributed by atoms with Gasteiger partial charge in [0.15, 0.2) is 0 Å². The zero-order valence-electron chi connectivity index (χ0n) is 22.0. The van der Waals surface area contributed by atoms with E-state index in [2.05, 4.69) is 0 Å². The lowest BCUT2D eigenvalue weighted by molar-refractivity contribution is -0.140. The fourth-order valence-corrected chi connectivity index (χ4v) is 3.98. The Morgan fingerprint density at radius 3 is 1.95 bits per heavy atom. The SMILES string of the molecule is CCOC(=O)/C=C(C(=O)OCC)/C(=C/c1nc2ccccc2nc1-c1ccc(C)cc1)c1ccc(C)cc1. The third-order valence-electron chi connectivity index (χ3n) is 5.90. The molecule has 38 heavy (non-hydrogen) atoms. The number of carbonyl (C=O) groups is 2. The number of carbonyl (C=O) groups excluding carboxylic acids is 2. The number of rotatable bonds is 8. The maximum atomic E-state index is 13.2. The summed E-state index contributed by atoms with van der Waals surface area (Å²) in [5.41, 5.74) is 7.05. The third-order valence-corrected chi connectivity index (χ3v) is 5.90. The number of hydrogen-bond donors (Lipinski definition) is 0. The minimum atomic E-state index is -0.628. The van der Waals surface area contributed by atoms with E-state index in [1.54, 1.807) is 19.9 Å². The Labute approximate surface area is 222 Å². The molecule has 0 aliphatic rings. The first-order valence-electron chi connectivity index (χ1n) is 12.6. The summed E-state index contributed by atoms with van der Waals surface area (Å²) in [5, 5.41) is 0. The molecule has 0 saturated carbocycles. The molecule has 192 valence electrons. The molecule has 6 nitrogen and oxygen atoms in total. The number of fused-ring (bicyclic) bond motifs is 1. The summed E-state index contributed by atoms with van der Waals surface area (Å²) in [6, 6.07) is 23.4. The standard InChI is InChI=1S/C32H30N2O4/c1-5-37-30(35)20-26(32(36)38-6-2)25(23-15-11-21(3)12-16-23)19-29-31(24-17-13-22(4)14-18-24)34-28-10-8-7-9-27(28)33-29/h7-20H,5-6H2,1-4H3/b25-19+,26-20-. The van der Waals surface area contributed by atoms with Crippen LogP contribution in [0, 0.1) is 13.8 Å². The van der Waals surface area contributed by atoms with Crippen LogP contribution in [-0.2, 0) is 19.1 Å². The molecule has 0 unspecified atom stereocenters. The summed E-state index contributed by atoms with van der Waals surface area (Å²) in [4.78, 5) is 35.6.